The van der Waals surface area contributed by atoms with Crippen molar-refractivity contribution >= 4 is 87.2 Å². The summed E-state index contributed by atoms with van der Waals surface area (Å²) in [5.74, 6) is 1.78. The zero-order valence-corrected chi connectivity index (χ0v) is 47.6. The summed E-state index contributed by atoms with van der Waals surface area (Å²) in [6.45, 7) is 0. The summed E-state index contributed by atoms with van der Waals surface area (Å²) in [5, 5.41) is 9.52. The second-order valence-electron chi connectivity index (χ2n) is 22.8. The normalized spacial score (nSPS) is 11.9. The third-order valence-electron chi connectivity index (χ3n) is 17.8. The van der Waals surface area contributed by atoms with E-state index < -0.39 is 0 Å². The minimum absolute atomic E-state index is 0.574. The molecule has 410 valence electrons. The lowest BCUT2D eigenvalue weighted by molar-refractivity contribution is 1.07. The van der Waals surface area contributed by atoms with Crippen molar-refractivity contribution < 1.29 is 0 Å². The molecule has 18 aromatic rings. The molecule has 7 nitrogen and oxygen atoms in total. The van der Waals surface area contributed by atoms with Crippen molar-refractivity contribution in [1.82, 2.24) is 33.2 Å². The van der Waals surface area contributed by atoms with Crippen LogP contribution in [-0.4, -0.2) is 33.2 Å². The summed E-state index contributed by atoms with van der Waals surface area (Å²) in [6, 6.07) is 112. The van der Waals surface area contributed by atoms with Gasteiger partial charge in [-0.2, -0.15) is 0 Å². The van der Waals surface area contributed by atoms with E-state index in [9.17, 15) is 0 Å². The Morgan fingerprint density at radius 1 is 0.159 bits per heavy atom. The molecule has 0 N–H and O–H groups in total. The predicted octanol–water partition coefficient (Wildman–Crippen LogP) is 20.6. The molecule has 0 aliphatic heterocycles. The van der Waals surface area contributed by atoms with Gasteiger partial charge in [-0.05, 0) is 125 Å². The summed E-state index contributed by atoms with van der Waals surface area (Å²) in [7, 11) is 0. The Morgan fingerprint density at radius 2 is 0.443 bits per heavy atom. The zero-order valence-electron chi connectivity index (χ0n) is 47.6. The molecule has 0 aliphatic rings. The molecule has 0 atom stereocenters. The highest BCUT2D eigenvalue weighted by molar-refractivity contribution is 6.15. The molecule has 0 bridgehead atoms. The van der Waals surface area contributed by atoms with E-state index in [4.69, 9.17) is 15.0 Å². The molecule has 5 aromatic heterocycles. The van der Waals surface area contributed by atoms with Gasteiger partial charge in [0.05, 0.1) is 44.1 Å². The van der Waals surface area contributed by atoms with Gasteiger partial charge in [0, 0.05) is 82.5 Å². The number of rotatable bonds is 9. The number of para-hydroxylation sites is 6. The van der Waals surface area contributed by atoms with Gasteiger partial charge >= 0.3 is 0 Å². The van der Waals surface area contributed by atoms with Crippen molar-refractivity contribution in [3.63, 3.8) is 0 Å². The molecular weight excluding hydrogens is 1070 g/mol. The third kappa shape index (κ3) is 7.88. The van der Waals surface area contributed by atoms with Crippen molar-refractivity contribution in [2.24, 2.45) is 0 Å². The molecule has 0 amide bonds. The molecule has 0 radical (unpaired) electrons. The van der Waals surface area contributed by atoms with Crippen LogP contribution in [-0.2, 0) is 0 Å². The summed E-state index contributed by atoms with van der Waals surface area (Å²) >= 11 is 0. The topological polar surface area (TPSA) is 58.4 Å². The number of hydrogen-bond acceptors (Lipinski definition) is 3. The number of benzene rings is 13. The van der Waals surface area contributed by atoms with E-state index in [1.807, 2.05) is 36.4 Å². The summed E-state index contributed by atoms with van der Waals surface area (Å²) < 4.78 is 9.64. The molecule has 0 aliphatic carbocycles. The van der Waals surface area contributed by atoms with Gasteiger partial charge in [-0.15, -0.1) is 0 Å². The van der Waals surface area contributed by atoms with Crippen LogP contribution in [0, 0.1) is 0 Å². The maximum Gasteiger partial charge on any atom is 0.164 e. The first kappa shape index (κ1) is 49.5. The quantitative estimate of drug-likeness (QED) is 0.145. The maximum atomic E-state index is 5.39. The van der Waals surface area contributed by atoms with Crippen molar-refractivity contribution in [2.45, 2.75) is 0 Å². The third-order valence-corrected chi connectivity index (χ3v) is 17.8. The van der Waals surface area contributed by atoms with Gasteiger partial charge in [0.25, 0.3) is 0 Å². The molecule has 18 rings (SSSR count). The van der Waals surface area contributed by atoms with Crippen LogP contribution in [0.4, 0.5) is 0 Å². The number of fused-ring (bicyclic) bond motifs is 12. The van der Waals surface area contributed by atoms with Gasteiger partial charge in [0.2, 0.25) is 0 Å². The van der Waals surface area contributed by atoms with Crippen molar-refractivity contribution in [2.75, 3.05) is 0 Å². The van der Waals surface area contributed by atoms with E-state index in [2.05, 4.69) is 291 Å². The fourth-order valence-electron chi connectivity index (χ4n) is 13.8. The predicted molar refractivity (Wildman–Crippen MR) is 364 cm³/mol. The van der Waals surface area contributed by atoms with E-state index in [1.165, 1.54) is 54.4 Å². The Hall–Kier alpha value is -11.9. The average Bonchev–Trinajstić information content (AvgIpc) is 2.39. The van der Waals surface area contributed by atoms with Crippen molar-refractivity contribution in [3.05, 3.63) is 309 Å². The smallest absolute Gasteiger partial charge is 0.164 e. The Morgan fingerprint density at radius 3 is 0.841 bits per heavy atom. The first-order chi connectivity index (χ1) is 43.6. The van der Waals surface area contributed by atoms with Gasteiger partial charge in [0.15, 0.2) is 17.5 Å². The van der Waals surface area contributed by atoms with Crippen LogP contribution in [0.5, 0.6) is 0 Å². The highest BCUT2D eigenvalue weighted by atomic mass is 15.1. The fourth-order valence-corrected chi connectivity index (χ4v) is 13.8. The van der Waals surface area contributed by atoms with Gasteiger partial charge in [-0.25, -0.2) is 15.0 Å². The van der Waals surface area contributed by atoms with Gasteiger partial charge in [0.1, 0.15) is 0 Å². The highest BCUT2D eigenvalue weighted by Gasteiger charge is 2.22. The van der Waals surface area contributed by atoms with Gasteiger partial charge < -0.3 is 18.3 Å². The minimum atomic E-state index is 0.574. The van der Waals surface area contributed by atoms with Crippen molar-refractivity contribution in [1.29, 1.82) is 0 Å². The number of nitrogens with zero attached hydrogens (tertiary/aromatic N) is 7. The van der Waals surface area contributed by atoms with Crippen LogP contribution in [0.2, 0.25) is 0 Å². The number of aromatic nitrogens is 7. The molecule has 0 unspecified atom stereocenters. The van der Waals surface area contributed by atoms with E-state index in [1.54, 1.807) is 0 Å². The van der Waals surface area contributed by atoms with E-state index in [0.717, 1.165) is 94.5 Å². The minimum Gasteiger partial charge on any atom is -0.309 e. The molecule has 88 heavy (non-hydrogen) atoms. The Labute approximate surface area is 506 Å². The monoisotopic (exact) mass is 1120 g/mol. The lowest BCUT2D eigenvalue weighted by Gasteiger charge is -2.16. The maximum absolute atomic E-state index is 5.39. The Balaban J connectivity index is 0.878. The first-order valence-electron chi connectivity index (χ1n) is 29.9. The van der Waals surface area contributed by atoms with Gasteiger partial charge in [-0.1, -0.05) is 206 Å². The van der Waals surface area contributed by atoms with Crippen molar-refractivity contribution in [3.8, 4) is 79.2 Å². The molecule has 0 spiro atoms. The highest BCUT2D eigenvalue weighted by Crippen LogP contribution is 2.43. The SMILES string of the molecule is c1ccc(-c2nc(-c3ccccc3)nc(-c3cc(-n4c5ccccc5c5ccc(-c6ccc7c(c6)c6ccccc6n7-c6ccccc6)cc54)cc(-n4c5ccccc5c5ccc(-c6ccc7c(c6)c6ccccc6n7-c6ccccc6)cc54)c3)n2)cc1. The first-order valence-corrected chi connectivity index (χ1v) is 29.9. The van der Waals surface area contributed by atoms with Crippen LogP contribution in [0.15, 0.2) is 309 Å². The van der Waals surface area contributed by atoms with Crippen LogP contribution in [0.25, 0.3) is 166 Å². The molecular formula is C81H51N7. The van der Waals surface area contributed by atoms with Gasteiger partial charge in [-0.3, -0.25) is 0 Å². The van der Waals surface area contributed by atoms with Crippen LogP contribution in [0.1, 0.15) is 0 Å². The van der Waals surface area contributed by atoms with E-state index in [-0.39, 0.29) is 0 Å². The number of hydrogen-bond donors (Lipinski definition) is 0. The second-order valence-corrected chi connectivity index (χ2v) is 22.8. The van der Waals surface area contributed by atoms with Crippen LogP contribution >= 0.6 is 0 Å². The molecule has 5 heterocycles. The molecule has 0 saturated carbocycles. The lowest BCUT2D eigenvalue weighted by Crippen LogP contribution is -2.03. The lowest BCUT2D eigenvalue weighted by atomic mass is 10.0. The Kier molecular flexibility index (Phi) is 11.2. The van der Waals surface area contributed by atoms with Crippen LogP contribution < -0.4 is 0 Å². The summed E-state index contributed by atoms with van der Waals surface area (Å²) in [5.41, 5.74) is 20.5. The average molecular weight is 1120 g/mol. The zero-order chi connectivity index (χ0) is 57.8. The molecule has 0 saturated heterocycles. The second kappa shape index (κ2) is 19.8. The van der Waals surface area contributed by atoms with Crippen LogP contribution in [0.3, 0.4) is 0 Å². The largest absolute Gasteiger partial charge is 0.309 e. The van der Waals surface area contributed by atoms with E-state index >= 15 is 0 Å². The fraction of sp³-hybridized carbons (Fsp3) is 0. The Bertz CT molecular complexity index is 5440. The molecule has 7 heteroatoms. The molecule has 0 fully saturated rings. The summed E-state index contributed by atoms with van der Waals surface area (Å²) in [6.07, 6.45) is 0. The summed E-state index contributed by atoms with van der Waals surface area (Å²) in [4.78, 5) is 15.9. The standard InChI is InChI=1S/C81H51N7/c1-5-21-52(22-6-1)79-82-80(53-23-7-2-8-24-53)84-81(83-79)58-45-61(87-71-33-17-13-29-63(71)67-41-37-56(49-77(67)87)54-39-43-75-69(47-54)65-31-15-19-35-73(65)85(75)59-25-9-3-10-26-59)51-62(46-58)88-72-34-18-14-30-64(72)68-42-38-57(50-78(68)88)55-40-44-76-70(48-55)66-32-16-20-36-74(66)86(76)60-27-11-4-12-28-60/h1-51H. The molecule has 13 aromatic carbocycles. The van der Waals surface area contributed by atoms with E-state index in [0.29, 0.717) is 17.5 Å².